The number of aromatic nitrogens is 1. The van der Waals surface area contributed by atoms with Crippen LogP contribution in [0.2, 0.25) is 0 Å². The summed E-state index contributed by atoms with van der Waals surface area (Å²) >= 11 is 0. The van der Waals surface area contributed by atoms with E-state index < -0.39 is 6.16 Å². The first-order valence-corrected chi connectivity index (χ1v) is 13.8. The molecule has 0 atom stereocenters. The van der Waals surface area contributed by atoms with E-state index in [2.05, 4.69) is 63.4 Å². The Balaban J connectivity index is 0.000000220. The Labute approximate surface area is 249 Å². The molecule has 9 nitrogen and oxygen atoms in total. The molecule has 2 heterocycles. The molecule has 0 aliphatic carbocycles. The number of para-hydroxylation sites is 1. The van der Waals surface area contributed by atoms with E-state index in [0.29, 0.717) is 5.69 Å². The quantitative estimate of drug-likeness (QED) is 0.0950. The van der Waals surface area contributed by atoms with Crippen LogP contribution >= 0.6 is 0 Å². The van der Waals surface area contributed by atoms with Crippen LogP contribution < -0.4 is 10.1 Å². The molecule has 4 N–H and O–H groups in total. The normalized spacial score (nSPS) is 12.4. The second-order valence-electron chi connectivity index (χ2n) is 10.3. The standard InChI is InChI=1S/C25H25N3O.C9H7NO4/c1-18(24-22-10-6-7-11-23(22)27-25(24)29)26-21-14-12-20(13-15-21)17-28(2)16-19-8-4-3-5-9-19;11-8-4-5-3-6(14-9(12)13)1-2-7(5)10-8/h3-15,27,29H,16-17H2,1-2H3;1-3H,4H2,(H,10,11)(H,12,13). The molecule has 1 amide bonds. The van der Waals surface area contributed by atoms with Gasteiger partial charge in [-0.2, -0.15) is 0 Å². The minimum Gasteiger partial charge on any atom is -0.494 e. The van der Waals surface area contributed by atoms with Crippen molar-refractivity contribution in [3.05, 3.63) is 119 Å². The Morgan fingerprint density at radius 1 is 0.930 bits per heavy atom. The van der Waals surface area contributed by atoms with E-state index in [0.717, 1.165) is 46.5 Å². The van der Waals surface area contributed by atoms with E-state index in [1.165, 1.54) is 17.2 Å². The zero-order chi connectivity index (χ0) is 30.3. The fourth-order valence-electron chi connectivity index (χ4n) is 5.05. The highest BCUT2D eigenvalue weighted by atomic mass is 16.7. The van der Waals surface area contributed by atoms with Crippen LogP contribution in [0.5, 0.6) is 11.6 Å². The lowest BCUT2D eigenvalue weighted by molar-refractivity contribution is -0.115. The van der Waals surface area contributed by atoms with E-state index in [9.17, 15) is 14.7 Å². The highest BCUT2D eigenvalue weighted by molar-refractivity contribution is 6.12. The van der Waals surface area contributed by atoms with Crippen molar-refractivity contribution in [1.82, 2.24) is 9.88 Å². The third-order valence-corrected chi connectivity index (χ3v) is 6.94. The van der Waals surface area contributed by atoms with Gasteiger partial charge in [-0.25, -0.2) is 4.79 Å². The number of aromatic hydroxyl groups is 1. The Bertz CT molecular complexity index is 1780. The van der Waals surface area contributed by atoms with E-state index in [1.807, 2.05) is 49.4 Å². The minimum absolute atomic E-state index is 0.0903. The van der Waals surface area contributed by atoms with Gasteiger partial charge >= 0.3 is 6.16 Å². The van der Waals surface area contributed by atoms with E-state index in [4.69, 9.17) is 10.1 Å². The fourth-order valence-corrected chi connectivity index (χ4v) is 5.05. The second-order valence-corrected chi connectivity index (χ2v) is 10.3. The van der Waals surface area contributed by atoms with Crippen molar-refractivity contribution in [3.8, 4) is 11.6 Å². The topological polar surface area (TPSA) is 127 Å². The van der Waals surface area contributed by atoms with Gasteiger partial charge in [0.15, 0.2) is 5.88 Å². The van der Waals surface area contributed by atoms with Gasteiger partial charge in [-0.05, 0) is 67.1 Å². The number of hydrogen-bond donors (Lipinski definition) is 4. The van der Waals surface area contributed by atoms with Gasteiger partial charge in [-0.15, -0.1) is 0 Å². The predicted molar refractivity (Wildman–Crippen MR) is 167 cm³/mol. The molecule has 4 aromatic carbocycles. The number of aliphatic imine (C=N–C) groups is 1. The van der Waals surface area contributed by atoms with Gasteiger partial charge in [0.05, 0.1) is 23.4 Å². The van der Waals surface area contributed by atoms with Crippen molar-refractivity contribution >= 4 is 40.1 Å². The summed E-state index contributed by atoms with van der Waals surface area (Å²) in [5, 5.41) is 22.3. The molecule has 43 heavy (non-hydrogen) atoms. The van der Waals surface area contributed by atoms with Crippen LogP contribution in [-0.4, -0.2) is 44.9 Å². The van der Waals surface area contributed by atoms with Crippen LogP contribution in [-0.2, 0) is 24.3 Å². The van der Waals surface area contributed by atoms with Gasteiger partial charge in [0, 0.05) is 29.7 Å². The van der Waals surface area contributed by atoms with Gasteiger partial charge in [0.25, 0.3) is 0 Å². The zero-order valence-corrected chi connectivity index (χ0v) is 23.9. The summed E-state index contributed by atoms with van der Waals surface area (Å²) in [7, 11) is 2.13. The van der Waals surface area contributed by atoms with Crippen molar-refractivity contribution in [2.75, 3.05) is 12.4 Å². The third-order valence-electron chi connectivity index (χ3n) is 6.94. The third kappa shape index (κ3) is 7.46. The maximum atomic E-state index is 11.0. The lowest BCUT2D eigenvalue weighted by atomic mass is 10.1. The van der Waals surface area contributed by atoms with Crippen LogP contribution in [0.3, 0.4) is 0 Å². The molecule has 9 heteroatoms. The van der Waals surface area contributed by atoms with Crippen LogP contribution in [0.25, 0.3) is 10.9 Å². The maximum Gasteiger partial charge on any atom is 0.511 e. The number of ether oxygens (including phenoxy) is 1. The Morgan fingerprint density at radius 3 is 2.33 bits per heavy atom. The molecule has 0 saturated heterocycles. The number of carbonyl (C=O) groups is 2. The molecular formula is C34H32N4O5. The van der Waals surface area contributed by atoms with Crippen LogP contribution in [0.15, 0.2) is 102 Å². The largest absolute Gasteiger partial charge is 0.511 e. The van der Waals surface area contributed by atoms with Gasteiger partial charge < -0.3 is 25.3 Å². The number of H-pyrrole nitrogens is 1. The number of aromatic amines is 1. The van der Waals surface area contributed by atoms with Gasteiger partial charge in [0.2, 0.25) is 5.91 Å². The molecule has 1 aromatic heterocycles. The highest BCUT2D eigenvalue weighted by Gasteiger charge is 2.18. The lowest BCUT2D eigenvalue weighted by Gasteiger charge is -2.16. The number of carboxylic acid groups (broad SMARTS) is 1. The van der Waals surface area contributed by atoms with Gasteiger partial charge in [-0.3, -0.25) is 14.7 Å². The van der Waals surface area contributed by atoms with Gasteiger partial charge in [0.1, 0.15) is 5.75 Å². The number of nitrogens with zero attached hydrogens (tertiary/aromatic N) is 2. The summed E-state index contributed by atoms with van der Waals surface area (Å²) in [5.74, 6) is 0.298. The summed E-state index contributed by atoms with van der Waals surface area (Å²) < 4.78 is 4.45. The Morgan fingerprint density at radius 2 is 1.60 bits per heavy atom. The number of anilines is 1. The fraction of sp³-hybridized carbons (Fsp3) is 0.147. The number of amides is 1. The predicted octanol–water partition coefficient (Wildman–Crippen LogP) is 6.88. The summed E-state index contributed by atoms with van der Waals surface area (Å²) in [6.45, 7) is 3.72. The monoisotopic (exact) mass is 576 g/mol. The van der Waals surface area contributed by atoms with Crippen LogP contribution in [0.4, 0.5) is 16.2 Å². The highest BCUT2D eigenvalue weighted by Crippen LogP contribution is 2.29. The molecule has 0 bridgehead atoms. The minimum atomic E-state index is -1.36. The summed E-state index contributed by atoms with van der Waals surface area (Å²) in [4.78, 5) is 31.2. The molecule has 0 saturated carbocycles. The molecule has 1 aliphatic heterocycles. The molecule has 0 fully saturated rings. The summed E-state index contributed by atoms with van der Waals surface area (Å²) in [6, 6.07) is 31.3. The molecule has 1 aliphatic rings. The van der Waals surface area contributed by atoms with Crippen LogP contribution in [0.1, 0.15) is 29.2 Å². The second kappa shape index (κ2) is 13.1. The van der Waals surface area contributed by atoms with Crippen molar-refractivity contribution in [3.63, 3.8) is 0 Å². The molecule has 0 radical (unpaired) electrons. The number of benzene rings is 4. The molecule has 0 unspecified atom stereocenters. The van der Waals surface area contributed by atoms with Crippen molar-refractivity contribution in [2.24, 2.45) is 4.99 Å². The number of nitrogens with one attached hydrogen (secondary N) is 2. The lowest BCUT2D eigenvalue weighted by Crippen LogP contribution is -2.17. The van der Waals surface area contributed by atoms with Crippen molar-refractivity contribution in [1.29, 1.82) is 0 Å². The zero-order valence-electron chi connectivity index (χ0n) is 23.9. The van der Waals surface area contributed by atoms with Crippen molar-refractivity contribution < 1.29 is 24.5 Å². The first-order chi connectivity index (χ1) is 20.7. The average Bonchev–Trinajstić information content (AvgIpc) is 3.52. The first kappa shape index (κ1) is 29.1. The smallest absolute Gasteiger partial charge is 0.494 e. The number of rotatable bonds is 7. The van der Waals surface area contributed by atoms with E-state index in [-0.39, 0.29) is 24.0 Å². The first-order valence-electron chi connectivity index (χ1n) is 13.8. The summed E-state index contributed by atoms with van der Waals surface area (Å²) in [6.07, 6.45) is -1.09. The van der Waals surface area contributed by atoms with E-state index in [1.54, 1.807) is 12.1 Å². The van der Waals surface area contributed by atoms with Crippen molar-refractivity contribution in [2.45, 2.75) is 26.4 Å². The average molecular weight is 577 g/mol. The Hall–Kier alpha value is -5.41. The molecule has 5 aromatic rings. The van der Waals surface area contributed by atoms with Gasteiger partial charge in [-0.1, -0.05) is 60.7 Å². The van der Waals surface area contributed by atoms with E-state index >= 15 is 0 Å². The number of hydrogen-bond acceptors (Lipinski definition) is 6. The SMILES string of the molecule is CC(=Nc1ccc(CN(C)Cc2ccccc2)cc1)c1c(O)[nH]c2ccccc12.O=C1Cc2cc(OC(=O)O)ccc2N1. The van der Waals surface area contributed by atoms with Crippen LogP contribution in [0, 0.1) is 0 Å². The molecule has 0 spiro atoms. The number of carbonyl (C=O) groups excluding carboxylic acids is 1. The molecule has 6 rings (SSSR count). The molecule has 218 valence electrons. The number of fused-ring (bicyclic) bond motifs is 2. The Kier molecular flexibility index (Phi) is 8.83. The maximum absolute atomic E-state index is 11.0. The molecular weight excluding hydrogens is 544 g/mol. The summed E-state index contributed by atoms with van der Waals surface area (Å²) in [5.41, 5.74) is 7.36.